The van der Waals surface area contributed by atoms with Crippen LogP contribution in [0.15, 0.2) is 30.3 Å². The van der Waals surface area contributed by atoms with E-state index in [1.165, 1.54) is 0 Å². The lowest BCUT2D eigenvalue weighted by Crippen LogP contribution is -2.62. The first-order valence-electron chi connectivity index (χ1n) is 9.58. The zero-order chi connectivity index (χ0) is 20.6. The van der Waals surface area contributed by atoms with Gasteiger partial charge in [-0.05, 0) is 46.8 Å². The summed E-state index contributed by atoms with van der Waals surface area (Å²) in [6, 6.07) is 9.15. The Morgan fingerprint density at radius 2 is 1.64 bits per heavy atom. The van der Waals surface area contributed by atoms with Gasteiger partial charge in [-0.1, -0.05) is 18.2 Å². The molecule has 28 heavy (non-hydrogen) atoms. The monoisotopic (exact) mass is 384 g/mol. The average Bonchev–Trinajstić information content (AvgIpc) is 3.04. The van der Waals surface area contributed by atoms with Crippen LogP contribution in [0.4, 0.5) is 0 Å². The van der Waals surface area contributed by atoms with Crippen LogP contribution in [0.3, 0.4) is 0 Å². The van der Waals surface area contributed by atoms with E-state index in [-0.39, 0.29) is 18.0 Å². The van der Waals surface area contributed by atoms with Crippen LogP contribution in [-0.4, -0.2) is 63.2 Å². The number of nitrogens with zero attached hydrogens (tertiary/aromatic N) is 2. The first-order chi connectivity index (χ1) is 13.1. The van der Waals surface area contributed by atoms with E-state index in [0.717, 1.165) is 10.9 Å². The van der Waals surface area contributed by atoms with Crippen molar-refractivity contribution in [3.05, 3.63) is 36.0 Å². The molecular formula is C21H28N4O3. The second-order valence-electron chi connectivity index (χ2n) is 8.59. The van der Waals surface area contributed by atoms with Gasteiger partial charge in [-0.25, -0.2) is 0 Å². The smallest absolute Gasteiger partial charge is 0.312 e. The number of benzene rings is 1. The Morgan fingerprint density at radius 1 is 1.04 bits per heavy atom. The summed E-state index contributed by atoms with van der Waals surface area (Å²) in [7, 11) is 0. The van der Waals surface area contributed by atoms with Gasteiger partial charge in [0, 0.05) is 41.6 Å². The van der Waals surface area contributed by atoms with Crippen LogP contribution >= 0.6 is 0 Å². The molecule has 0 bridgehead atoms. The molecule has 150 valence electrons. The molecule has 0 aliphatic carbocycles. The van der Waals surface area contributed by atoms with Gasteiger partial charge in [-0.2, -0.15) is 0 Å². The third-order valence-corrected chi connectivity index (χ3v) is 4.95. The number of carbonyl (C=O) groups is 3. The molecule has 0 radical (unpaired) electrons. The molecule has 1 fully saturated rings. The van der Waals surface area contributed by atoms with Crippen LogP contribution in [0.5, 0.6) is 0 Å². The van der Waals surface area contributed by atoms with Crippen LogP contribution < -0.4 is 5.32 Å². The zero-order valence-corrected chi connectivity index (χ0v) is 17.1. The largest absolute Gasteiger partial charge is 0.351 e. The standard InChI is InChI=1S/C21H28N4O3/c1-13-12-25(20(28)18(26)23-21(3,4)5)14(2)11-24(13)19(27)17-10-15-8-6-7-9-16(15)22-17/h6-10,13-14,22H,11-12H2,1-5H3,(H,23,26)/t13-,14-/m0/s1. The van der Waals surface area contributed by atoms with Crippen molar-refractivity contribution in [1.82, 2.24) is 20.1 Å². The van der Waals surface area contributed by atoms with Crippen LogP contribution in [0.25, 0.3) is 10.9 Å². The molecule has 1 saturated heterocycles. The van der Waals surface area contributed by atoms with Crippen molar-refractivity contribution in [3.63, 3.8) is 0 Å². The van der Waals surface area contributed by atoms with Crippen molar-refractivity contribution in [3.8, 4) is 0 Å². The minimum atomic E-state index is -0.609. The molecule has 3 amide bonds. The van der Waals surface area contributed by atoms with Crippen molar-refractivity contribution in [1.29, 1.82) is 0 Å². The molecular weight excluding hydrogens is 356 g/mol. The minimum Gasteiger partial charge on any atom is -0.351 e. The van der Waals surface area contributed by atoms with Gasteiger partial charge in [0.05, 0.1) is 0 Å². The molecule has 7 heteroatoms. The van der Waals surface area contributed by atoms with Gasteiger partial charge >= 0.3 is 11.8 Å². The first-order valence-corrected chi connectivity index (χ1v) is 9.58. The van der Waals surface area contributed by atoms with Crippen LogP contribution in [0, 0.1) is 0 Å². The third-order valence-electron chi connectivity index (χ3n) is 4.95. The molecule has 7 nitrogen and oxygen atoms in total. The number of hydrogen-bond donors (Lipinski definition) is 2. The summed E-state index contributed by atoms with van der Waals surface area (Å²) in [5, 5.41) is 3.70. The van der Waals surface area contributed by atoms with E-state index in [2.05, 4.69) is 10.3 Å². The molecule has 3 rings (SSSR count). The highest BCUT2D eigenvalue weighted by Crippen LogP contribution is 2.21. The predicted octanol–water partition coefficient (Wildman–Crippen LogP) is 2.14. The molecule has 2 atom stereocenters. The number of H-pyrrole nitrogens is 1. The molecule has 1 aliphatic heterocycles. The normalized spacial score (nSPS) is 20.3. The maximum atomic E-state index is 13.0. The summed E-state index contributed by atoms with van der Waals surface area (Å²) in [6.45, 7) is 9.96. The number of rotatable bonds is 1. The second kappa shape index (κ2) is 7.30. The number of amides is 3. The van der Waals surface area contributed by atoms with Crippen molar-refractivity contribution in [2.45, 2.75) is 52.2 Å². The topological polar surface area (TPSA) is 85.5 Å². The highest BCUT2D eigenvalue weighted by atomic mass is 16.2. The molecule has 2 N–H and O–H groups in total. The molecule has 2 heterocycles. The average molecular weight is 384 g/mol. The number of aromatic nitrogens is 1. The number of hydrogen-bond acceptors (Lipinski definition) is 3. The molecule has 0 saturated carbocycles. The van der Waals surface area contributed by atoms with Crippen molar-refractivity contribution in [2.75, 3.05) is 13.1 Å². The van der Waals surface area contributed by atoms with E-state index in [0.29, 0.717) is 18.8 Å². The lowest BCUT2D eigenvalue weighted by atomic mass is 10.1. The van der Waals surface area contributed by atoms with E-state index < -0.39 is 17.4 Å². The Balaban J connectivity index is 1.73. The Morgan fingerprint density at radius 3 is 2.29 bits per heavy atom. The van der Waals surface area contributed by atoms with Gasteiger partial charge in [-0.3, -0.25) is 14.4 Å². The number of fused-ring (bicyclic) bond motifs is 1. The number of para-hydroxylation sites is 1. The summed E-state index contributed by atoms with van der Waals surface area (Å²) >= 11 is 0. The fraction of sp³-hybridized carbons (Fsp3) is 0.476. The lowest BCUT2D eigenvalue weighted by Gasteiger charge is -2.43. The fourth-order valence-electron chi connectivity index (χ4n) is 3.56. The number of carbonyl (C=O) groups excluding carboxylic acids is 3. The quantitative estimate of drug-likeness (QED) is 0.739. The fourth-order valence-corrected chi connectivity index (χ4v) is 3.56. The van der Waals surface area contributed by atoms with Gasteiger partial charge < -0.3 is 20.1 Å². The van der Waals surface area contributed by atoms with E-state index >= 15 is 0 Å². The number of aromatic amines is 1. The van der Waals surface area contributed by atoms with Crippen molar-refractivity contribution < 1.29 is 14.4 Å². The van der Waals surface area contributed by atoms with E-state index in [1.807, 2.05) is 65.0 Å². The Kier molecular flexibility index (Phi) is 5.19. The van der Waals surface area contributed by atoms with Gasteiger partial charge in [0.15, 0.2) is 0 Å². The van der Waals surface area contributed by atoms with Gasteiger partial charge in [-0.15, -0.1) is 0 Å². The van der Waals surface area contributed by atoms with Crippen LogP contribution in [0.1, 0.15) is 45.1 Å². The molecule has 1 aromatic heterocycles. The summed E-state index contributed by atoms with van der Waals surface area (Å²) in [6.07, 6.45) is 0. The van der Waals surface area contributed by atoms with Crippen molar-refractivity contribution >= 4 is 28.6 Å². The second-order valence-corrected chi connectivity index (χ2v) is 8.59. The molecule has 1 aromatic carbocycles. The summed E-state index contributed by atoms with van der Waals surface area (Å²) < 4.78 is 0. The zero-order valence-electron chi connectivity index (χ0n) is 17.1. The number of nitrogens with one attached hydrogen (secondary N) is 2. The summed E-state index contributed by atoms with van der Waals surface area (Å²) in [5.41, 5.74) is 0.972. The molecule has 1 aliphatic rings. The highest BCUT2D eigenvalue weighted by molar-refractivity contribution is 6.35. The van der Waals surface area contributed by atoms with E-state index in [9.17, 15) is 14.4 Å². The minimum absolute atomic E-state index is 0.0956. The van der Waals surface area contributed by atoms with Gasteiger partial charge in [0.25, 0.3) is 5.91 Å². The lowest BCUT2D eigenvalue weighted by molar-refractivity contribution is -0.150. The molecule has 0 spiro atoms. The Hall–Kier alpha value is -2.83. The van der Waals surface area contributed by atoms with Crippen LogP contribution in [-0.2, 0) is 9.59 Å². The van der Waals surface area contributed by atoms with Crippen LogP contribution in [0.2, 0.25) is 0 Å². The summed E-state index contributed by atoms with van der Waals surface area (Å²) in [5.74, 6) is -1.25. The SMILES string of the molecule is C[C@H]1CN(C(=O)c2cc3ccccc3[nH]2)[C@@H](C)CN1C(=O)C(=O)NC(C)(C)C. The van der Waals surface area contributed by atoms with E-state index in [1.54, 1.807) is 9.80 Å². The van der Waals surface area contributed by atoms with Gasteiger partial charge in [0.1, 0.15) is 5.69 Å². The van der Waals surface area contributed by atoms with Gasteiger partial charge in [0.2, 0.25) is 0 Å². The Labute approximate surface area is 165 Å². The first kappa shape index (κ1) is 19.9. The maximum absolute atomic E-state index is 13.0. The van der Waals surface area contributed by atoms with Crippen molar-refractivity contribution in [2.24, 2.45) is 0 Å². The predicted molar refractivity (Wildman–Crippen MR) is 108 cm³/mol. The third kappa shape index (κ3) is 4.03. The number of piperazine rings is 1. The maximum Gasteiger partial charge on any atom is 0.312 e. The van der Waals surface area contributed by atoms with E-state index in [4.69, 9.17) is 0 Å². The molecule has 2 aromatic rings. The highest BCUT2D eigenvalue weighted by Gasteiger charge is 2.37. The summed E-state index contributed by atoms with van der Waals surface area (Å²) in [4.78, 5) is 44.4. The Bertz CT molecular complexity index is 879. The molecule has 0 unspecified atom stereocenters.